The van der Waals surface area contributed by atoms with E-state index in [1.807, 2.05) is 30.3 Å². The van der Waals surface area contributed by atoms with Crippen LogP contribution in [0.4, 0.5) is 5.69 Å². The molecule has 0 heterocycles. The summed E-state index contributed by atoms with van der Waals surface area (Å²) in [6.07, 6.45) is 3.71. The van der Waals surface area contributed by atoms with Gasteiger partial charge in [0, 0.05) is 24.4 Å². The molecule has 8 heteroatoms. The lowest BCUT2D eigenvalue weighted by molar-refractivity contribution is -0.116. The molecular formula is C24H24N2O5S. The maximum Gasteiger partial charge on any atom is 0.261 e. The fraction of sp³-hybridized carbons (Fsp3) is 0.125. The summed E-state index contributed by atoms with van der Waals surface area (Å²) in [6.45, 7) is 0. The number of benzene rings is 3. The van der Waals surface area contributed by atoms with Crippen molar-refractivity contribution in [3.8, 4) is 11.5 Å². The molecule has 3 N–H and O–H groups in total. The van der Waals surface area contributed by atoms with Crippen molar-refractivity contribution < 1.29 is 23.1 Å². The molecule has 0 aliphatic heterocycles. The summed E-state index contributed by atoms with van der Waals surface area (Å²) >= 11 is 0. The van der Waals surface area contributed by atoms with E-state index in [2.05, 4.69) is 10.0 Å². The molecule has 1 amide bonds. The van der Waals surface area contributed by atoms with E-state index in [0.29, 0.717) is 17.9 Å². The van der Waals surface area contributed by atoms with Crippen LogP contribution in [-0.2, 0) is 21.2 Å². The van der Waals surface area contributed by atoms with E-state index < -0.39 is 10.0 Å². The Morgan fingerprint density at radius 2 is 1.75 bits per heavy atom. The zero-order chi connectivity index (χ0) is 23.0. The van der Waals surface area contributed by atoms with Gasteiger partial charge < -0.3 is 15.2 Å². The second kappa shape index (κ2) is 10.5. The van der Waals surface area contributed by atoms with E-state index in [4.69, 9.17) is 4.74 Å². The van der Waals surface area contributed by atoms with Gasteiger partial charge in [0.05, 0.1) is 12.0 Å². The number of anilines is 1. The SMILES string of the molecule is COc1ccc(NC(=O)CCc2ccc(S(=O)(=O)NC=Cc3ccccc3)cc2)cc1O. The number of carbonyl (C=O) groups excluding carboxylic acids is 1. The van der Waals surface area contributed by atoms with Crippen LogP contribution in [0.1, 0.15) is 17.5 Å². The Hall–Kier alpha value is -3.78. The number of sulfonamides is 1. The first-order chi connectivity index (χ1) is 15.4. The van der Waals surface area contributed by atoms with Crippen molar-refractivity contribution in [3.63, 3.8) is 0 Å². The molecule has 0 aliphatic carbocycles. The van der Waals surface area contributed by atoms with Crippen LogP contribution in [0.2, 0.25) is 0 Å². The second-order valence-electron chi connectivity index (χ2n) is 6.94. The minimum Gasteiger partial charge on any atom is -0.504 e. The predicted octanol–water partition coefficient (Wildman–Crippen LogP) is 3.92. The van der Waals surface area contributed by atoms with Crippen molar-refractivity contribution in [2.75, 3.05) is 12.4 Å². The number of aryl methyl sites for hydroxylation is 1. The number of ether oxygens (including phenoxy) is 1. The highest BCUT2D eigenvalue weighted by Crippen LogP contribution is 2.28. The van der Waals surface area contributed by atoms with E-state index in [-0.39, 0.29) is 23.0 Å². The fourth-order valence-electron chi connectivity index (χ4n) is 2.94. The number of nitrogens with one attached hydrogen (secondary N) is 2. The minimum absolute atomic E-state index is 0.0608. The summed E-state index contributed by atoms with van der Waals surface area (Å²) in [6, 6.07) is 20.3. The van der Waals surface area contributed by atoms with Gasteiger partial charge in [0.1, 0.15) is 0 Å². The van der Waals surface area contributed by atoms with E-state index in [9.17, 15) is 18.3 Å². The number of phenolic OH excluding ortho intramolecular Hbond substituents is 1. The van der Waals surface area contributed by atoms with Crippen LogP contribution >= 0.6 is 0 Å². The molecule has 3 aromatic carbocycles. The van der Waals surface area contributed by atoms with Crippen molar-refractivity contribution in [2.45, 2.75) is 17.7 Å². The Bertz CT molecular complexity index is 1190. The summed E-state index contributed by atoms with van der Waals surface area (Å²) in [5.74, 6) is 0.0383. The van der Waals surface area contributed by atoms with Gasteiger partial charge in [0.15, 0.2) is 11.5 Å². The van der Waals surface area contributed by atoms with Crippen LogP contribution in [0.3, 0.4) is 0 Å². The Morgan fingerprint density at radius 3 is 2.41 bits per heavy atom. The van der Waals surface area contributed by atoms with Crippen molar-refractivity contribution in [1.82, 2.24) is 4.72 Å². The first-order valence-electron chi connectivity index (χ1n) is 9.87. The molecule has 0 aliphatic rings. The van der Waals surface area contributed by atoms with Gasteiger partial charge in [-0.25, -0.2) is 8.42 Å². The molecule has 0 saturated carbocycles. The van der Waals surface area contributed by atoms with Crippen molar-refractivity contribution in [1.29, 1.82) is 0 Å². The molecule has 0 aromatic heterocycles. The van der Waals surface area contributed by atoms with E-state index in [1.54, 1.807) is 30.3 Å². The molecule has 166 valence electrons. The van der Waals surface area contributed by atoms with Gasteiger partial charge in [0.2, 0.25) is 5.91 Å². The normalized spacial score (nSPS) is 11.3. The average Bonchev–Trinajstić information content (AvgIpc) is 2.79. The number of methoxy groups -OCH3 is 1. The van der Waals surface area contributed by atoms with Gasteiger partial charge in [-0.05, 0) is 47.9 Å². The van der Waals surface area contributed by atoms with Crippen LogP contribution in [0, 0.1) is 0 Å². The Balaban J connectivity index is 1.53. The summed E-state index contributed by atoms with van der Waals surface area (Å²) in [5.41, 5.74) is 2.18. The van der Waals surface area contributed by atoms with Crippen LogP contribution < -0.4 is 14.8 Å². The highest BCUT2D eigenvalue weighted by atomic mass is 32.2. The zero-order valence-electron chi connectivity index (χ0n) is 17.5. The lowest BCUT2D eigenvalue weighted by Gasteiger charge is -2.09. The fourth-order valence-corrected chi connectivity index (χ4v) is 3.81. The molecular weight excluding hydrogens is 428 g/mol. The highest BCUT2D eigenvalue weighted by Gasteiger charge is 2.12. The molecule has 0 atom stereocenters. The van der Waals surface area contributed by atoms with Crippen LogP contribution in [0.5, 0.6) is 11.5 Å². The monoisotopic (exact) mass is 452 g/mol. The molecule has 0 spiro atoms. The largest absolute Gasteiger partial charge is 0.504 e. The van der Waals surface area contributed by atoms with Crippen LogP contribution in [-0.4, -0.2) is 26.5 Å². The number of phenols is 1. The zero-order valence-corrected chi connectivity index (χ0v) is 18.3. The van der Waals surface area contributed by atoms with E-state index >= 15 is 0 Å². The molecule has 0 radical (unpaired) electrons. The first kappa shape index (κ1) is 22.9. The third-order valence-corrected chi connectivity index (χ3v) is 5.97. The summed E-state index contributed by atoms with van der Waals surface area (Å²) in [5, 5.41) is 12.5. The van der Waals surface area contributed by atoms with Crippen LogP contribution in [0.15, 0.2) is 83.9 Å². The average molecular weight is 453 g/mol. The van der Waals surface area contributed by atoms with Crippen LogP contribution in [0.25, 0.3) is 6.08 Å². The third-order valence-electron chi connectivity index (χ3n) is 4.64. The molecule has 3 rings (SSSR count). The second-order valence-corrected chi connectivity index (χ2v) is 8.66. The highest BCUT2D eigenvalue weighted by molar-refractivity contribution is 7.89. The van der Waals surface area contributed by atoms with Gasteiger partial charge in [-0.1, -0.05) is 42.5 Å². The molecule has 0 fully saturated rings. The van der Waals surface area contributed by atoms with Crippen molar-refractivity contribution in [2.24, 2.45) is 0 Å². The van der Waals surface area contributed by atoms with Gasteiger partial charge >= 0.3 is 0 Å². The van der Waals surface area contributed by atoms with Crippen molar-refractivity contribution >= 4 is 27.7 Å². The molecule has 3 aromatic rings. The number of hydrogen-bond donors (Lipinski definition) is 3. The quantitative estimate of drug-likeness (QED) is 0.456. The van der Waals surface area contributed by atoms with Gasteiger partial charge in [-0.3, -0.25) is 9.52 Å². The van der Waals surface area contributed by atoms with Gasteiger partial charge in [-0.15, -0.1) is 0 Å². The third kappa shape index (κ3) is 6.36. The standard InChI is InChI=1S/C24H24N2O5S/c1-31-23-13-10-20(17-22(23)27)26-24(28)14-9-19-7-11-21(12-8-19)32(29,30)25-16-15-18-5-3-2-4-6-18/h2-8,10-13,15-17,25,27H,9,14H2,1H3,(H,26,28). The number of aromatic hydroxyl groups is 1. The predicted molar refractivity (Wildman–Crippen MR) is 124 cm³/mol. The first-order valence-corrected chi connectivity index (χ1v) is 11.4. The number of rotatable bonds is 9. The molecule has 0 unspecified atom stereocenters. The molecule has 0 bridgehead atoms. The summed E-state index contributed by atoms with van der Waals surface area (Å²) in [7, 11) is -2.23. The lowest BCUT2D eigenvalue weighted by atomic mass is 10.1. The number of carbonyl (C=O) groups is 1. The summed E-state index contributed by atoms with van der Waals surface area (Å²) < 4.78 is 32.2. The number of amides is 1. The van der Waals surface area contributed by atoms with E-state index in [0.717, 1.165) is 11.1 Å². The lowest BCUT2D eigenvalue weighted by Crippen LogP contribution is -2.17. The molecule has 7 nitrogen and oxygen atoms in total. The minimum atomic E-state index is -3.68. The summed E-state index contributed by atoms with van der Waals surface area (Å²) in [4.78, 5) is 12.3. The maximum absolute atomic E-state index is 12.4. The van der Waals surface area contributed by atoms with Crippen molar-refractivity contribution in [3.05, 3.63) is 90.1 Å². The molecule has 32 heavy (non-hydrogen) atoms. The topological polar surface area (TPSA) is 105 Å². The van der Waals surface area contributed by atoms with Gasteiger partial charge in [0.25, 0.3) is 10.0 Å². The smallest absolute Gasteiger partial charge is 0.261 e. The Kier molecular flexibility index (Phi) is 7.51. The molecule has 0 saturated heterocycles. The van der Waals surface area contributed by atoms with Gasteiger partial charge in [-0.2, -0.15) is 0 Å². The number of hydrogen-bond acceptors (Lipinski definition) is 5. The maximum atomic E-state index is 12.4. The van der Waals surface area contributed by atoms with E-state index in [1.165, 1.54) is 31.5 Å². The Labute approximate surface area is 187 Å². The Morgan fingerprint density at radius 1 is 1.03 bits per heavy atom.